The average molecular weight is 755 g/mol. The molecule has 276 valence electrons. The molecule has 0 spiro atoms. The van der Waals surface area contributed by atoms with Crippen LogP contribution < -0.4 is 4.90 Å². The van der Waals surface area contributed by atoms with Crippen LogP contribution in [0.25, 0.3) is 99.1 Å². The molecule has 0 aliphatic carbocycles. The van der Waals surface area contributed by atoms with Gasteiger partial charge in [0.25, 0.3) is 0 Å². The summed E-state index contributed by atoms with van der Waals surface area (Å²) >= 11 is 0. The van der Waals surface area contributed by atoms with Gasteiger partial charge in [0.15, 0.2) is 5.58 Å². The molecule has 0 aliphatic rings. The number of anilines is 3. The molecule has 0 bridgehead atoms. The molecule has 0 atom stereocenters. The van der Waals surface area contributed by atoms with Gasteiger partial charge in [0.05, 0.1) is 5.69 Å². The Morgan fingerprint density at radius 2 is 0.932 bits per heavy atom. The minimum Gasteiger partial charge on any atom is -0.456 e. The second-order valence-corrected chi connectivity index (χ2v) is 15.1. The van der Waals surface area contributed by atoms with Crippen molar-refractivity contribution in [3.63, 3.8) is 0 Å². The quantitative estimate of drug-likeness (QED) is 0.159. The fourth-order valence-corrected chi connectivity index (χ4v) is 8.83. The molecule has 10 aromatic carbocycles. The number of rotatable bonds is 6. The van der Waals surface area contributed by atoms with E-state index in [-0.39, 0.29) is 0 Å². The van der Waals surface area contributed by atoms with Crippen LogP contribution >= 0.6 is 0 Å². The Kier molecular flexibility index (Phi) is 7.50. The first-order valence-corrected chi connectivity index (χ1v) is 19.9. The molecule has 4 nitrogen and oxygen atoms in total. The molecule has 0 saturated heterocycles. The number of nitrogens with zero attached hydrogens (tertiary/aromatic N) is 2. The molecule has 12 aromatic rings. The number of hydrogen-bond acceptors (Lipinski definition) is 4. The molecule has 2 heterocycles. The maximum Gasteiger partial charge on any atom is 0.227 e. The summed E-state index contributed by atoms with van der Waals surface area (Å²) < 4.78 is 13.1. The summed E-state index contributed by atoms with van der Waals surface area (Å²) in [4.78, 5) is 7.34. The van der Waals surface area contributed by atoms with Crippen LogP contribution in [-0.2, 0) is 0 Å². The largest absolute Gasteiger partial charge is 0.456 e. The second kappa shape index (κ2) is 13.3. The highest BCUT2D eigenvalue weighted by molar-refractivity contribution is 6.27. The number of aromatic nitrogens is 1. The van der Waals surface area contributed by atoms with Crippen molar-refractivity contribution in [3.8, 4) is 33.7 Å². The van der Waals surface area contributed by atoms with Gasteiger partial charge < -0.3 is 13.7 Å². The Labute approximate surface area is 339 Å². The van der Waals surface area contributed by atoms with E-state index in [2.05, 4.69) is 181 Å². The van der Waals surface area contributed by atoms with Crippen molar-refractivity contribution in [2.24, 2.45) is 0 Å². The van der Waals surface area contributed by atoms with Crippen LogP contribution in [0.5, 0.6) is 0 Å². The molecule has 4 heteroatoms. The molecule has 0 radical (unpaired) electrons. The SMILES string of the molecule is c1ccc(-c2ccc(N(c3ccc4oc5ccc(-c6ccccc6)cc5c4c3)c3cccc4c3ccc3ccc5ccc6nc(-c7ccccc7)oc6c5c34)cc2)cc1. The molecule has 0 N–H and O–H groups in total. The average Bonchev–Trinajstić information content (AvgIpc) is 3.92. The van der Waals surface area contributed by atoms with Crippen molar-refractivity contribution >= 4 is 82.4 Å². The number of benzene rings is 10. The molecular formula is C55H34N2O2. The Hall–Kier alpha value is -7.95. The number of hydrogen-bond donors (Lipinski definition) is 0. The number of furan rings is 1. The van der Waals surface area contributed by atoms with E-state index >= 15 is 0 Å². The predicted molar refractivity (Wildman–Crippen MR) is 245 cm³/mol. The Morgan fingerprint density at radius 3 is 1.68 bits per heavy atom. The lowest BCUT2D eigenvalue weighted by atomic mass is 9.94. The van der Waals surface area contributed by atoms with Crippen LogP contribution in [-0.4, -0.2) is 4.98 Å². The fourth-order valence-electron chi connectivity index (χ4n) is 8.83. The van der Waals surface area contributed by atoms with Crippen molar-refractivity contribution in [3.05, 3.63) is 206 Å². The molecule has 0 saturated carbocycles. The van der Waals surface area contributed by atoms with Crippen molar-refractivity contribution < 1.29 is 8.83 Å². The van der Waals surface area contributed by atoms with Crippen LogP contribution in [0, 0.1) is 0 Å². The van der Waals surface area contributed by atoms with Crippen molar-refractivity contribution in [1.82, 2.24) is 4.98 Å². The number of fused-ring (bicyclic) bond motifs is 10. The van der Waals surface area contributed by atoms with Gasteiger partial charge in [0, 0.05) is 43.9 Å². The van der Waals surface area contributed by atoms with Gasteiger partial charge in [0.2, 0.25) is 5.89 Å². The van der Waals surface area contributed by atoms with E-state index in [1.165, 1.54) is 16.7 Å². The van der Waals surface area contributed by atoms with E-state index in [4.69, 9.17) is 13.8 Å². The van der Waals surface area contributed by atoms with Gasteiger partial charge >= 0.3 is 0 Å². The van der Waals surface area contributed by atoms with E-state index in [1.807, 2.05) is 30.3 Å². The molecule has 0 amide bonds. The highest BCUT2D eigenvalue weighted by Gasteiger charge is 2.21. The van der Waals surface area contributed by atoms with E-state index in [0.29, 0.717) is 5.89 Å². The van der Waals surface area contributed by atoms with Gasteiger partial charge in [0.1, 0.15) is 16.7 Å². The maximum atomic E-state index is 6.66. The molecule has 0 aliphatic heterocycles. The van der Waals surface area contributed by atoms with Crippen molar-refractivity contribution in [2.75, 3.05) is 4.90 Å². The summed E-state index contributed by atoms with van der Waals surface area (Å²) in [6.07, 6.45) is 0. The molecule has 0 unspecified atom stereocenters. The summed E-state index contributed by atoms with van der Waals surface area (Å²) in [6.45, 7) is 0. The molecule has 59 heavy (non-hydrogen) atoms. The first kappa shape index (κ1) is 33.2. The third-order valence-corrected chi connectivity index (χ3v) is 11.7. The minimum atomic E-state index is 0.620. The molecule has 0 fully saturated rings. The van der Waals surface area contributed by atoms with Gasteiger partial charge in [-0.1, -0.05) is 140 Å². The maximum absolute atomic E-state index is 6.66. The summed E-state index contributed by atoms with van der Waals surface area (Å²) in [5.74, 6) is 0.620. The summed E-state index contributed by atoms with van der Waals surface area (Å²) in [5.41, 5.74) is 12.2. The predicted octanol–water partition coefficient (Wildman–Crippen LogP) is 15.7. The first-order valence-electron chi connectivity index (χ1n) is 19.9. The van der Waals surface area contributed by atoms with Crippen molar-refractivity contribution in [1.29, 1.82) is 0 Å². The van der Waals surface area contributed by atoms with E-state index in [1.54, 1.807) is 0 Å². The Bertz CT molecular complexity index is 3530. The summed E-state index contributed by atoms with van der Waals surface area (Å²) in [5, 5.41) is 8.89. The van der Waals surface area contributed by atoms with Gasteiger partial charge in [-0.05, 0) is 105 Å². The van der Waals surface area contributed by atoms with Gasteiger partial charge in [-0.15, -0.1) is 0 Å². The third-order valence-electron chi connectivity index (χ3n) is 11.7. The van der Waals surface area contributed by atoms with Crippen LogP contribution in [0.15, 0.2) is 215 Å². The second-order valence-electron chi connectivity index (χ2n) is 15.1. The zero-order chi connectivity index (χ0) is 38.9. The normalized spacial score (nSPS) is 11.7. The molecular weight excluding hydrogens is 721 g/mol. The molecule has 12 rings (SSSR count). The topological polar surface area (TPSA) is 42.4 Å². The zero-order valence-electron chi connectivity index (χ0n) is 31.8. The fraction of sp³-hybridized carbons (Fsp3) is 0. The smallest absolute Gasteiger partial charge is 0.227 e. The van der Waals surface area contributed by atoms with E-state index < -0.39 is 0 Å². The van der Waals surface area contributed by atoms with Gasteiger partial charge in [-0.3, -0.25) is 0 Å². The zero-order valence-corrected chi connectivity index (χ0v) is 31.8. The highest BCUT2D eigenvalue weighted by atomic mass is 16.3. The van der Waals surface area contributed by atoms with E-state index in [0.717, 1.165) is 93.5 Å². The van der Waals surface area contributed by atoms with Crippen molar-refractivity contribution in [2.45, 2.75) is 0 Å². The summed E-state index contributed by atoms with van der Waals surface area (Å²) in [6, 6.07) is 72.9. The van der Waals surface area contributed by atoms with Crippen LogP contribution in [0.3, 0.4) is 0 Å². The van der Waals surface area contributed by atoms with Crippen LogP contribution in [0.1, 0.15) is 0 Å². The standard InChI is InChI=1S/C55H34N2O2/c1-4-11-35(12-5-1)37-21-26-42(27-22-37)57(43-28-32-51-47(34-43)46-33-41(25-31-50(46)58-51)36-13-6-2-7-14-36)49-18-10-17-45-44(49)29-23-38-19-20-39-24-30-48-54(53(39)52(38)45)59-55(56-48)40-15-8-3-9-16-40/h1-34H. The summed E-state index contributed by atoms with van der Waals surface area (Å²) in [7, 11) is 0. The lowest BCUT2D eigenvalue weighted by Gasteiger charge is -2.27. The van der Waals surface area contributed by atoms with Gasteiger partial charge in [-0.25, -0.2) is 4.98 Å². The molecule has 2 aromatic heterocycles. The highest BCUT2D eigenvalue weighted by Crippen LogP contribution is 2.45. The monoisotopic (exact) mass is 754 g/mol. The Balaban J connectivity index is 1.09. The third kappa shape index (κ3) is 5.49. The Morgan fingerprint density at radius 1 is 0.356 bits per heavy atom. The van der Waals surface area contributed by atoms with Gasteiger partial charge in [-0.2, -0.15) is 0 Å². The minimum absolute atomic E-state index is 0.620. The van der Waals surface area contributed by atoms with Crippen LogP contribution in [0.4, 0.5) is 17.1 Å². The lowest BCUT2D eigenvalue weighted by Crippen LogP contribution is -2.10. The van der Waals surface area contributed by atoms with E-state index in [9.17, 15) is 0 Å². The lowest BCUT2D eigenvalue weighted by molar-refractivity contribution is 0.623. The first-order chi connectivity index (χ1) is 29.2. The number of oxazole rings is 1. The van der Waals surface area contributed by atoms with Crippen LogP contribution in [0.2, 0.25) is 0 Å².